The number of sulfonamides is 1. The largest absolute Gasteiger partial charge is 0.341 e. The number of nitrogens with two attached hydrogens (primary N) is 1. The SMILES string of the molecule is Cc1cc(C(=O)N(C)CC2CC2C)cc(S(N)(=O)=O)c1C. The molecular formula is C15H22N2O3S. The van der Waals surface area contributed by atoms with Gasteiger partial charge in [0.2, 0.25) is 10.0 Å². The quantitative estimate of drug-likeness (QED) is 0.918. The number of aryl methyl sites for hydroxylation is 1. The van der Waals surface area contributed by atoms with E-state index in [4.69, 9.17) is 5.14 Å². The van der Waals surface area contributed by atoms with Crippen LogP contribution in [0, 0.1) is 25.7 Å². The van der Waals surface area contributed by atoms with E-state index in [0.717, 1.165) is 12.0 Å². The Morgan fingerprint density at radius 1 is 1.38 bits per heavy atom. The Bertz CT molecular complexity index is 682. The fourth-order valence-corrected chi connectivity index (χ4v) is 3.43. The summed E-state index contributed by atoms with van der Waals surface area (Å²) in [7, 11) is -2.08. The lowest BCUT2D eigenvalue weighted by Crippen LogP contribution is -2.29. The zero-order chi connectivity index (χ0) is 15.9. The molecular weight excluding hydrogens is 288 g/mol. The van der Waals surface area contributed by atoms with Gasteiger partial charge in [-0.3, -0.25) is 4.79 Å². The molecule has 0 radical (unpaired) electrons. The van der Waals surface area contributed by atoms with E-state index in [0.29, 0.717) is 29.5 Å². The van der Waals surface area contributed by atoms with Crippen LogP contribution in [0.5, 0.6) is 0 Å². The van der Waals surface area contributed by atoms with Gasteiger partial charge >= 0.3 is 0 Å². The molecule has 2 unspecified atom stereocenters. The molecule has 0 heterocycles. The van der Waals surface area contributed by atoms with Crippen molar-refractivity contribution in [2.45, 2.75) is 32.1 Å². The van der Waals surface area contributed by atoms with E-state index < -0.39 is 10.0 Å². The van der Waals surface area contributed by atoms with Crippen molar-refractivity contribution in [3.63, 3.8) is 0 Å². The molecule has 1 aromatic carbocycles. The molecule has 0 aromatic heterocycles. The van der Waals surface area contributed by atoms with Crippen LogP contribution >= 0.6 is 0 Å². The molecule has 6 heteroatoms. The molecule has 0 saturated heterocycles. The minimum absolute atomic E-state index is 0.0269. The van der Waals surface area contributed by atoms with Crippen molar-refractivity contribution in [1.82, 2.24) is 4.90 Å². The molecule has 1 fully saturated rings. The highest BCUT2D eigenvalue weighted by atomic mass is 32.2. The average Bonchev–Trinajstić information content (AvgIpc) is 3.05. The Hall–Kier alpha value is -1.40. The number of carbonyl (C=O) groups excluding carboxylic acids is 1. The van der Waals surface area contributed by atoms with E-state index in [-0.39, 0.29) is 10.8 Å². The van der Waals surface area contributed by atoms with Gasteiger partial charge in [0.1, 0.15) is 0 Å². The number of carbonyl (C=O) groups is 1. The predicted molar refractivity (Wildman–Crippen MR) is 81.5 cm³/mol. The van der Waals surface area contributed by atoms with Crippen LogP contribution in [-0.2, 0) is 10.0 Å². The highest BCUT2D eigenvalue weighted by Crippen LogP contribution is 2.38. The lowest BCUT2D eigenvalue weighted by atomic mass is 10.1. The highest BCUT2D eigenvalue weighted by Gasteiger charge is 2.34. The van der Waals surface area contributed by atoms with Gasteiger partial charge in [-0.1, -0.05) is 6.92 Å². The number of benzene rings is 1. The van der Waals surface area contributed by atoms with E-state index in [1.165, 1.54) is 6.07 Å². The van der Waals surface area contributed by atoms with Crippen molar-refractivity contribution >= 4 is 15.9 Å². The van der Waals surface area contributed by atoms with E-state index in [1.807, 2.05) is 0 Å². The van der Waals surface area contributed by atoms with Gasteiger partial charge in [0, 0.05) is 19.2 Å². The molecule has 21 heavy (non-hydrogen) atoms. The average molecular weight is 310 g/mol. The van der Waals surface area contributed by atoms with Crippen LogP contribution in [0.25, 0.3) is 0 Å². The zero-order valence-corrected chi connectivity index (χ0v) is 13.7. The van der Waals surface area contributed by atoms with Gasteiger partial charge in [-0.25, -0.2) is 13.6 Å². The Morgan fingerprint density at radius 2 is 1.95 bits per heavy atom. The summed E-state index contributed by atoms with van der Waals surface area (Å²) in [6.45, 7) is 6.35. The van der Waals surface area contributed by atoms with Crippen LogP contribution in [0.15, 0.2) is 17.0 Å². The standard InChI is InChI=1S/C15H22N2O3S/c1-9-5-12(7-14(11(9)3)21(16,19)20)15(18)17(4)8-13-6-10(13)2/h5,7,10,13H,6,8H2,1-4H3,(H2,16,19,20). The molecule has 2 N–H and O–H groups in total. The monoisotopic (exact) mass is 310 g/mol. The maximum absolute atomic E-state index is 12.4. The number of rotatable bonds is 4. The van der Waals surface area contributed by atoms with Crippen LogP contribution in [0.4, 0.5) is 0 Å². The summed E-state index contributed by atoms with van der Waals surface area (Å²) in [5.41, 5.74) is 1.71. The Labute approximate surface area is 126 Å². The van der Waals surface area contributed by atoms with Crippen LogP contribution < -0.4 is 5.14 Å². The molecule has 2 rings (SSSR count). The second kappa shape index (κ2) is 5.42. The summed E-state index contributed by atoms with van der Waals surface area (Å²) < 4.78 is 23.3. The summed E-state index contributed by atoms with van der Waals surface area (Å²) >= 11 is 0. The number of primary sulfonamides is 1. The molecule has 1 aromatic rings. The minimum atomic E-state index is -3.83. The second-order valence-electron chi connectivity index (χ2n) is 6.12. The van der Waals surface area contributed by atoms with Gasteiger partial charge in [0.05, 0.1) is 4.90 Å². The second-order valence-corrected chi connectivity index (χ2v) is 7.65. The smallest absolute Gasteiger partial charge is 0.253 e. The molecule has 116 valence electrons. The van der Waals surface area contributed by atoms with Gasteiger partial charge in [0.15, 0.2) is 0 Å². The summed E-state index contributed by atoms with van der Waals surface area (Å²) in [5, 5.41) is 5.23. The fourth-order valence-electron chi connectivity index (χ4n) is 2.55. The third-order valence-corrected chi connectivity index (χ3v) is 5.34. The normalized spacial score (nSPS) is 21.2. The number of amides is 1. The van der Waals surface area contributed by atoms with Crippen molar-refractivity contribution < 1.29 is 13.2 Å². The maximum atomic E-state index is 12.4. The summed E-state index contributed by atoms with van der Waals surface area (Å²) in [4.78, 5) is 14.1. The van der Waals surface area contributed by atoms with Crippen molar-refractivity contribution in [2.75, 3.05) is 13.6 Å². The van der Waals surface area contributed by atoms with E-state index >= 15 is 0 Å². The van der Waals surface area contributed by atoms with Gasteiger partial charge in [-0.2, -0.15) is 0 Å². The van der Waals surface area contributed by atoms with Gasteiger partial charge in [-0.05, 0) is 55.4 Å². The van der Waals surface area contributed by atoms with Gasteiger partial charge in [0.25, 0.3) is 5.91 Å². The van der Waals surface area contributed by atoms with Crippen LogP contribution in [0.1, 0.15) is 34.8 Å². The summed E-state index contributed by atoms with van der Waals surface area (Å²) in [6, 6.07) is 3.10. The predicted octanol–water partition coefficient (Wildman–Crippen LogP) is 1.68. The molecule has 0 aliphatic heterocycles. The molecule has 5 nitrogen and oxygen atoms in total. The third kappa shape index (κ3) is 3.44. The first-order valence-corrected chi connectivity index (χ1v) is 8.55. The van der Waals surface area contributed by atoms with Crippen molar-refractivity contribution in [2.24, 2.45) is 17.0 Å². The minimum Gasteiger partial charge on any atom is -0.341 e. The van der Waals surface area contributed by atoms with Crippen LogP contribution in [0.2, 0.25) is 0 Å². The number of hydrogen-bond donors (Lipinski definition) is 1. The first-order chi connectivity index (χ1) is 9.61. The molecule has 1 aliphatic rings. The van der Waals surface area contributed by atoms with Crippen LogP contribution in [-0.4, -0.2) is 32.8 Å². The van der Waals surface area contributed by atoms with Gasteiger partial charge in [-0.15, -0.1) is 0 Å². The third-order valence-electron chi connectivity index (χ3n) is 4.30. The topological polar surface area (TPSA) is 80.5 Å². The summed E-state index contributed by atoms with van der Waals surface area (Å²) in [5.74, 6) is 1.06. The molecule has 2 atom stereocenters. The molecule has 0 bridgehead atoms. The lowest BCUT2D eigenvalue weighted by molar-refractivity contribution is 0.0786. The lowest BCUT2D eigenvalue weighted by Gasteiger charge is -2.18. The van der Waals surface area contributed by atoms with E-state index in [1.54, 1.807) is 31.9 Å². The number of nitrogens with zero attached hydrogens (tertiary/aromatic N) is 1. The zero-order valence-electron chi connectivity index (χ0n) is 12.9. The van der Waals surface area contributed by atoms with Crippen molar-refractivity contribution in [3.05, 3.63) is 28.8 Å². The fraction of sp³-hybridized carbons (Fsp3) is 0.533. The Kier molecular flexibility index (Phi) is 4.13. The van der Waals surface area contributed by atoms with E-state index in [2.05, 4.69) is 6.92 Å². The molecule has 1 saturated carbocycles. The maximum Gasteiger partial charge on any atom is 0.253 e. The van der Waals surface area contributed by atoms with Crippen LogP contribution in [0.3, 0.4) is 0 Å². The molecule has 1 aliphatic carbocycles. The Morgan fingerprint density at radius 3 is 2.43 bits per heavy atom. The molecule has 0 spiro atoms. The first-order valence-electron chi connectivity index (χ1n) is 7.00. The van der Waals surface area contributed by atoms with E-state index in [9.17, 15) is 13.2 Å². The number of hydrogen-bond acceptors (Lipinski definition) is 3. The first kappa shape index (κ1) is 16.0. The Balaban J connectivity index is 2.31. The van der Waals surface area contributed by atoms with Crippen molar-refractivity contribution in [1.29, 1.82) is 0 Å². The van der Waals surface area contributed by atoms with Crippen molar-refractivity contribution in [3.8, 4) is 0 Å². The highest BCUT2D eigenvalue weighted by molar-refractivity contribution is 7.89. The summed E-state index contributed by atoms with van der Waals surface area (Å²) in [6.07, 6.45) is 1.15. The van der Waals surface area contributed by atoms with Gasteiger partial charge < -0.3 is 4.90 Å². The molecule has 1 amide bonds.